The van der Waals surface area contributed by atoms with Gasteiger partial charge in [0.1, 0.15) is 5.82 Å². The van der Waals surface area contributed by atoms with Gasteiger partial charge in [-0.1, -0.05) is 37.3 Å². The minimum Gasteiger partial charge on any atom is -0.206 e. The normalized spacial score (nSPS) is 17.6. The van der Waals surface area contributed by atoms with Gasteiger partial charge in [0, 0.05) is 5.56 Å². The fourth-order valence-corrected chi connectivity index (χ4v) is 2.34. The Morgan fingerprint density at radius 2 is 2.06 bits per heavy atom. The molecule has 1 aliphatic carbocycles. The zero-order valence-corrected chi connectivity index (χ0v) is 9.51. The number of benzene rings is 1. The molecule has 16 heavy (non-hydrogen) atoms. The van der Waals surface area contributed by atoms with Gasteiger partial charge in [-0.2, -0.15) is 0 Å². The first kappa shape index (κ1) is 11.1. The number of rotatable bonds is 4. The lowest BCUT2D eigenvalue weighted by Crippen LogP contribution is -2.29. The Morgan fingerprint density at radius 1 is 1.31 bits per heavy atom. The van der Waals surface area contributed by atoms with Gasteiger partial charge in [0.2, 0.25) is 0 Å². The zero-order chi connectivity index (χ0) is 11.6. The maximum atomic E-state index is 13.6. The monoisotopic (exact) mass is 216 g/mol. The first-order valence-corrected chi connectivity index (χ1v) is 5.74. The van der Waals surface area contributed by atoms with Crippen molar-refractivity contribution >= 4 is 6.08 Å². The lowest BCUT2D eigenvalue weighted by molar-refractivity contribution is 0.204. The molecule has 0 N–H and O–H groups in total. The van der Waals surface area contributed by atoms with Crippen molar-refractivity contribution in [1.82, 2.24) is 0 Å². The van der Waals surface area contributed by atoms with Crippen LogP contribution in [0, 0.1) is 11.2 Å². The van der Waals surface area contributed by atoms with Crippen LogP contribution in [0.15, 0.2) is 37.4 Å². The molecule has 84 valence electrons. The Kier molecular flexibility index (Phi) is 2.95. The molecule has 0 atom stereocenters. The highest BCUT2D eigenvalue weighted by atomic mass is 19.1. The van der Waals surface area contributed by atoms with E-state index in [1.165, 1.54) is 19.3 Å². The van der Waals surface area contributed by atoms with E-state index in [0.717, 1.165) is 12.0 Å². The van der Waals surface area contributed by atoms with Gasteiger partial charge in [0.25, 0.3) is 0 Å². The minimum atomic E-state index is -0.175. The summed E-state index contributed by atoms with van der Waals surface area (Å²) < 4.78 is 13.6. The quantitative estimate of drug-likeness (QED) is 0.656. The SMILES string of the molecule is C=Cc1ccc(CC2(C=C)CCC2)cc1F. The van der Waals surface area contributed by atoms with Crippen molar-refractivity contribution < 1.29 is 4.39 Å². The number of halogens is 1. The maximum Gasteiger partial charge on any atom is 0.130 e. The van der Waals surface area contributed by atoms with Crippen LogP contribution in [0.2, 0.25) is 0 Å². The van der Waals surface area contributed by atoms with Crippen LogP contribution in [0.25, 0.3) is 6.08 Å². The van der Waals surface area contributed by atoms with Crippen molar-refractivity contribution in [1.29, 1.82) is 0 Å². The third-order valence-electron chi connectivity index (χ3n) is 3.62. The molecule has 0 spiro atoms. The van der Waals surface area contributed by atoms with E-state index >= 15 is 0 Å². The van der Waals surface area contributed by atoms with Crippen LogP contribution in [0.1, 0.15) is 30.4 Å². The zero-order valence-electron chi connectivity index (χ0n) is 9.51. The number of hydrogen-bond donors (Lipinski definition) is 0. The van der Waals surface area contributed by atoms with Crippen LogP contribution in [0.3, 0.4) is 0 Å². The molecule has 2 rings (SSSR count). The second-order valence-electron chi connectivity index (χ2n) is 4.66. The van der Waals surface area contributed by atoms with E-state index < -0.39 is 0 Å². The van der Waals surface area contributed by atoms with Gasteiger partial charge in [-0.15, -0.1) is 6.58 Å². The topological polar surface area (TPSA) is 0 Å². The molecule has 1 aliphatic rings. The second-order valence-corrected chi connectivity index (χ2v) is 4.66. The highest BCUT2D eigenvalue weighted by Gasteiger charge is 2.33. The third-order valence-corrected chi connectivity index (χ3v) is 3.62. The molecule has 0 radical (unpaired) electrons. The van der Waals surface area contributed by atoms with Crippen LogP contribution < -0.4 is 0 Å². The summed E-state index contributed by atoms with van der Waals surface area (Å²) >= 11 is 0. The van der Waals surface area contributed by atoms with Crippen molar-refractivity contribution in [2.45, 2.75) is 25.7 Å². The summed E-state index contributed by atoms with van der Waals surface area (Å²) in [5, 5.41) is 0. The van der Waals surface area contributed by atoms with Crippen LogP contribution in [-0.2, 0) is 6.42 Å². The van der Waals surface area contributed by atoms with Crippen molar-refractivity contribution in [3.63, 3.8) is 0 Å². The molecule has 1 heteroatoms. The Bertz CT molecular complexity index is 413. The molecule has 0 saturated heterocycles. The average molecular weight is 216 g/mol. The molecule has 0 unspecified atom stereocenters. The largest absolute Gasteiger partial charge is 0.206 e. The summed E-state index contributed by atoms with van der Waals surface area (Å²) in [5.41, 5.74) is 1.86. The Hall–Kier alpha value is -1.37. The third kappa shape index (κ3) is 1.95. The van der Waals surface area contributed by atoms with Gasteiger partial charge in [-0.3, -0.25) is 0 Å². The molecule has 0 aromatic heterocycles. The highest BCUT2D eigenvalue weighted by Crippen LogP contribution is 2.44. The van der Waals surface area contributed by atoms with Crippen molar-refractivity contribution in [2.24, 2.45) is 5.41 Å². The Balaban J connectivity index is 2.19. The standard InChI is InChI=1S/C15H17F/c1-3-13-7-6-12(10-14(13)16)11-15(4-2)8-5-9-15/h3-4,6-7,10H,1-2,5,8-9,11H2. The Labute approximate surface area is 96.5 Å². The fraction of sp³-hybridized carbons (Fsp3) is 0.333. The number of allylic oxidation sites excluding steroid dienone is 1. The van der Waals surface area contributed by atoms with E-state index in [4.69, 9.17) is 0 Å². The van der Waals surface area contributed by atoms with Gasteiger partial charge < -0.3 is 0 Å². The number of hydrogen-bond acceptors (Lipinski definition) is 0. The predicted octanol–water partition coefficient (Wildman–Crippen LogP) is 4.37. The van der Waals surface area contributed by atoms with Gasteiger partial charge in [0.05, 0.1) is 0 Å². The summed E-state index contributed by atoms with van der Waals surface area (Å²) in [6.45, 7) is 7.48. The molecule has 1 fully saturated rings. The molecule has 0 amide bonds. The smallest absolute Gasteiger partial charge is 0.130 e. The lowest BCUT2D eigenvalue weighted by atomic mass is 9.65. The van der Waals surface area contributed by atoms with E-state index in [1.54, 1.807) is 18.2 Å². The highest BCUT2D eigenvalue weighted by molar-refractivity contribution is 5.48. The molecule has 1 aromatic rings. The second kappa shape index (κ2) is 4.25. The van der Waals surface area contributed by atoms with Crippen molar-refractivity contribution in [3.05, 3.63) is 54.4 Å². The van der Waals surface area contributed by atoms with Gasteiger partial charge in [-0.25, -0.2) is 4.39 Å². The summed E-state index contributed by atoms with van der Waals surface area (Å²) in [5.74, 6) is -0.175. The molecular weight excluding hydrogens is 199 g/mol. The van der Waals surface area contributed by atoms with E-state index in [9.17, 15) is 4.39 Å². The minimum absolute atomic E-state index is 0.175. The molecule has 1 aromatic carbocycles. The van der Waals surface area contributed by atoms with Gasteiger partial charge in [0.15, 0.2) is 0 Å². The average Bonchev–Trinajstić information content (AvgIpc) is 2.24. The summed E-state index contributed by atoms with van der Waals surface area (Å²) in [6.07, 6.45) is 8.12. The van der Waals surface area contributed by atoms with Crippen LogP contribution in [0.4, 0.5) is 4.39 Å². The molecule has 1 saturated carbocycles. The maximum absolute atomic E-state index is 13.6. The molecule has 0 nitrogen and oxygen atoms in total. The lowest BCUT2D eigenvalue weighted by Gasteiger charge is -2.39. The van der Waals surface area contributed by atoms with E-state index in [2.05, 4.69) is 13.2 Å². The predicted molar refractivity (Wildman–Crippen MR) is 66.7 cm³/mol. The first-order valence-electron chi connectivity index (χ1n) is 5.74. The van der Waals surface area contributed by atoms with Crippen LogP contribution >= 0.6 is 0 Å². The summed E-state index contributed by atoms with van der Waals surface area (Å²) in [4.78, 5) is 0. The molecule has 0 heterocycles. The van der Waals surface area contributed by atoms with Gasteiger partial charge >= 0.3 is 0 Å². The van der Waals surface area contributed by atoms with E-state index in [-0.39, 0.29) is 11.2 Å². The molecule has 0 bridgehead atoms. The van der Waals surface area contributed by atoms with E-state index in [1.807, 2.05) is 12.1 Å². The van der Waals surface area contributed by atoms with Crippen molar-refractivity contribution in [2.75, 3.05) is 0 Å². The van der Waals surface area contributed by atoms with Crippen LogP contribution in [-0.4, -0.2) is 0 Å². The molecule has 0 aliphatic heterocycles. The van der Waals surface area contributed by atoms with E-state index in [0.29, 0.717) is 5.56 Å². The summed E-state index contributed by atoms with van der Waals surface area (Å²) in [7, 11) is 0. The summed E-state index contributed by atoms with van der Waals surface area (Å²) in [6, 6.07) is 5.41. The Morgan fingerprint density at radius 3 is 2.50 bits per heavy atom. The first-order chi connectivity index (χ1) is 7.69. The van der Waals surface area contributed by atoms with Crippen LogP contribution in [0.5, 0.6) is 0 Å². The molecular formula is C15H17F. The van der Waals surface area contributed by atoms with Crippen molar-refractivity contribution in [3.8, 4) is 0 Å². The van der Waals surface area contributed by atoms with Gasteiger partial charge in [-0.05, 0) is 36.3 Å². The fourth-order valence-electron chi connectivity index (χ4n) is 2.34.